The monoisotopic (exact) mass is 481 g/mol. The Morgan fingerprint density at radius 3 is 2.57 bits per heavy atom. The number of methoxy groups -OCH3 is 1. The van der Waals surface area contributed by atoms with Gasteiger partial charge in [0.05, 0.1) is 7.11 Å². The van der Waals surface area contributed by atoms with Gasteiger partial charge in [-0.2, -0.15) is 0 Å². The van der Waals surface area contributed by atoms with Crippen LogP contribution in [0.15, 0.2) is 78.9 Å². The molecule has 0 aliphatic carbocycles. The maximum Gasteiger partial charge on any atom is 0.274 e. The molecule has 1 atom stereocenters. The number of hydrogen-bond donors (Lipinski definition) is 2. The number of rotatable bonds is 4. The lowest BCUT2D eigenvalue weighted by atomic mass is 9.90. The van der Waals surface area contributed by atoms with Crippen molar-refractivity contribution >= 4 is 50.6 Å². The lowest BCUT2D eigenvalue weighted by Crippen LogP contribution is -2.30. The van der Waals surface area contributed by atoms with Crippen molar-refractivity contribution in [1.82, 2.24) is 4.98 Å². The van der Waals surface area contributed by atoms with Gasteiger partial charge in [-0.05, 0) is 69.9 Å². The molecule has 1 amide bonds. The summed E-state index contributed by atoms with van der Waals surface area (Å²) in [5.74, 6) is 1.16. The van der Waals surface area contributed by atoms with Crippen LogP contribution in [-0.2, 0) is 0 Å². The first kappa shape index (κ1) is 21.6. The van der Waals surface area contributed by atoms with E-state index in [-0.39, 0.29) is 11.8 Å². The molecule has 35 heavy (non-hydrogen) atoms. The van der Waals surface area contributed by atoms with E-state index in [2.05, 4.69) is 23.2 Å². The van der Waals surface area contributed by atoms with E-state index in [0.717, 1.165) is 49.8 Å². The number of aromatic nitrogens is 1. The van der Waals surface area contributed by atoms with Gasteiger partial charge in [-0.25, -0.2) is 0 Å². The topological polar surface area (TPSA) is 71.4 Å². The van der Waals surface area contributed by atoms with E-state index in [1.807, 2.05) is 65.6 Å². The summed E-state index contributed by atoms with van der Waals surface area (Å²) in [6, 6.07) is 25.9. The van der Waals surface area contributed by atoms with E-state index in [1.165, 1.54) is 0 Å². The van der Waals surface area contributed by atoms with Gasteiger partial charge >= 0.3 is 0 Å². The minimum absolute atomic E-state index is 0.0467. The predicted molar refractivity (Wildman–Crippen MR) is 144 cm³/mol. The van der Waals surface area contributed by atoms with Crippen LogP contribution in [0.1, 0.15) is 22.0 Å². The van der Waals surface area contributed by atoms with Crippen molar-refractivity contribution in [3.05, 3.63) is 90.1 Å². The second-order valence-electron chi connectivity index (χ2n) is 8.93. The number of halogens is 1. The van der Waals surface area contributed by atoms with Crippen LogP contribution < -0.4 is 15.4 Å². The number of carbonyl (C=O) groups excluding carboxylic acids is 1. The quantitative estimate of drug-likeness (QED) is 0.225. The number of aromatic amines is 1. The third-order valence-electron chi connectivity index (χ3n) is 6.88. The highest BCUT2D eigenvalue weighted by Crippen LogP contribution is 2.46. The number of anilines is 2. The zero-order valence-electron chi connectivity index (χ0n) is 19.2. The van der Waals surface area contributed by atoms with Gasteiger partial charge in [-0.3, -0.25) is 4.79 Å². The van der Waals surface area contributed by atoms with Gasteiger partial charge in [-0.1, -0.05) is 36.4 Å². The summed E-state index contributed by atoms with van der Waals surface area (Å²) < 4.78 is 5.34. The molecule has 0 bridgehead atoms. The predicted octanol–water partition coefficient (Wildman–Crippen LogP) is 6.56. The van der Waals surface area contributed by atoms with Gasteiger partial charge in [0.2, 0.25) is 0 Å². The normalized spacial score (nSPS) is 15.0. The molecule has 174 valence electrons. The molecule has 0 saturated heterocycles. The molecule has 1 aromatic heterocycles. The summed E-state index contributed by atoms with van der Waals surface area (Å²) in [4.78, 5) is 19.0. The average molecular weight is 482 g/mol. The molecule has 6 rings (SSSR count). The fourth-order valence-electron chi connectivity index (χ4n) is 5.16. The van der Waals surface area contributed by atoms with Gasteiger partial charge in [0, 0.05) is 40.6 Å². The fourth-order valence-corrected chi connectivity index (χ4v) is 5.42. The number of nitrogen functional groups attached to an aromatic ring is 1. The maximum absolute atomic E-state index is 13.8. The third kappa shape index (κ3) is 3.51. The fraction of sp³-hybridized carbons (Fsp3) is 0.138. The summed E-state index contributed by atoms with van der Waals surface area (Å²) >= 11 is 6.45. The SMILES string of the molecule is COc1ccc2[nH]c(C(=O)N3CC(CCl)c4c3cc(-c3ccc(N)cc3)c3ccccc43)cc2c1. The molecule has 1 unspecified atom stereocenters. The first-order valence-corrected chi connectivity index (χ1v) is 12.1. The second-order valence-corrected chi connectivity index (χ2v) is 9.24. The van der Waals surface area contributed by atoms with E-state index in [1.54, 1.807) is 7.11 Å². The van der Waals surface area contributed by atoms with Crippen molar-refractivity contribution in [3.63, 3.8) is 0 Å². The van der Waals surface area contributed by atoms with E-state index in [4.69, 9.17) is 22.1 Å². The second kappa shape index (κ2) is 8.36. The summed E-state index contributed by atoms with van der Waals surface area (Å²) in [5.41, 5.74) is 12.2. The minimum Gasteiger partial charge on any atom is -0.497 e. The molecule has 1 aliphatic heterocycles. The molecule has 5 nitrogen and oxygen atoms in total. The van der Waals surface area contributed by atoms with Gasteiger partial charge in [-0.15, -0.1) is 11.6 Å². The van der Waals surface area contributed by atoms with E-state index in [0.29, 0.717) is 23.8 Å². The number of carbonyl (C=O) groups is 1. The number of hydrogen-bond acceptors (Lipinski definition) is 3. The molecule has 0 radical (unpaired) electrons. The van der Waals surface area contributed by atoms with Crippen LogP contribution in [0.3, 0.4) is 0 Å². The molecule has 0 saturated carbocycles. The van der Waals surface area contributed by atoms with Crippen molar-refractivity contribution in [1.29, 1.82) is 0 Å². The van der Waals surface area contributed by atoms with Crippen LogP contribution in [-0.4, -0.2) is 30.4 Å². The number of ether oxygens (including phenoxy) is 1. The Kier molecular flexibility index (Phi) is 5.15. The zero-order chi connectivity index (χ0) is 24.1. The van der Waals surface area contributed by atoms with Crippen LogP contribution in [0.5, 0.6) is 5.75 Å². The number of H-pyrrole nitrogens is 1. The lowest BCUT2D eigenvalue weighted by Gasteiger charge is -2.19. The Morgan fingerprint density at radius 2 is 1.83 bits per heavy atom. The lowest BCUT2D eigenvalue weighted by molar-refractivity contribution is 0.0984. The van der Waals surface area contributed by atoms with Crippen LogP contribution in [0.4, 0.5) is 11.4 Å². The molecular formula is C29H24ClN3O2. The molecule has 0 spiro atoms. The van der Waals surface area contributed by atoms with Crippen molar-refractivity contribution in [3.8, 4) is 16.9 Å². The van der Waals surface area contributed by atoms with E-state index in [9.17, 15) is 4.79 Å². The zero-order valence-corrected chi connectivity index (χ0v) is 20.0. The van der Waals surface area contributed by atoms with Gasteiger partial charge in [0.1, 0.15) is 11.4 Å². The van der Waals surface area contributed by atoms with Crippen LogP contribution in [0.2, 0.25) is 0 Å². The Balaban J connectivity index is 1.52. The number of nitrogens with zero attached hydrogens (tertiary/aromatic N) is 1. The minimum atomic E-state index is -0.0763. The molecule has 1 aliphatic rings. The Bertz CT molecular complexity index is 1590. The molecular weight excluding hydrogens is 458 g/mol. The van der Waals surface area contributed by atoms with Crippen molar-refractivity contribution in [2.75, 3.05) is 30.2 Å². The average Bonchev–Trinajstić information content (AvgIpc) is 3.49. The van der Waals surface area contributed by atoms with Crippen LogP contribution >= 0.6 is 11.6 Å². The third-order valence-corrected chi connectivity index (χ3v) is 7.25. The Morgan fingerprint density at radius 1 is 1.06 bits per heavy atom. The summed E-state index contributed by atoms with van der Waals surface area (Å²) in [7, 11) is 1.64. The highest BCUT2D eigenvalue weighted by atomic mass is 35.5. The highest BCUT2D eigenvalue weighted by molar-refractivity contribution is 6.19. The number of nitrogens with two attached hydrogens (primary N) is 1. The number of amides is 1. The largest absolute Gasteiger partial charge is 0.497 e. The number of nitrogens with one attached hydrogen (secondary N) is 1. The summed E-state index contributed by atoms with van der Waals surface area (Å²) in [6.45, 7) is 0.533. The molecule has 3 N–H and O–H groups in total. The van der Waals surface area contributed by atoms with Crippen molar-refractivity contribution in [2.24, 2.45) is 0 Å². The smallest absolute Gasteiger partial charge is 0.274 e. The number of fused-ring (bicyclic) bond motifs is 4. The van der Waals surface area contributed by atoms with Crippen LogP contribution in [0.25, 0.3) is 32.8 Å². The van der Waals surface area contributed by atoms with E-state index >= 15 is 0 Å². The van der Waals surface area contributed by atoms with Crippen LogP contribution in [0, 0.1) is 0 Å². The maximum atomic E-state index is 13.8. The molecule has 4 aromatic carbocycles. The Hall–Kier alpha value is -3.96. The van der Waals surface area contributed by atoms with Gasteiger partial charge in [0.15, 0.2) is 0 Å². The Labute approximate surface area is 208 Å². The standard InChI is InChI=1S/C29H24ClN3O2/c1-35-21-10-11-25-18(12-21)13-26(32-25)29(34)33-16-19(15-30)28-23-5-3-2-4-22(23)24(14-27(28)33)17-6-8-20(31)9-7-17/h2-14,19,32H,15-16,31H2,1H3. The molecule has 6 heteroatoms. The number of benzene rings is 4. The van der Waals surface area contributed by atoms with Crippen molar-refractivity contribution < 1.29 is 9.53 Å². The molecule has 2 heterocycles. The molecule has 0 fully saturated rings. The first-order chi connectivity index (χ1) is 17.1. The first-order valence-electron chi connectivity index (χ1n) is 11.5. The van der Waals surface area contributed by atoms with Crippen molar-refractivity contribution in [2.45, 2.75) is 5.92 Å². The summed E-state index contributed by atoms with van der Waals surface area (Å²) in [5, 5.41) is 3.19. The molecule has 5 aromatic rings. The highest BCUT2D eigenvalue weighted by Gasteiger charge is 2.35. The van der Waals surface area contributed by atoms with Gasteiger partial charge in [0.25, 0.3) is 5.91 Å². The summed E-state index contributed by atoms with van der Waals surface area (Å²) in [6.07, 6.45) is 0. The van der Waals surface area contributed by atoms with Gasteiger partial charge < -0.3 is 20.4 Å². The van der Waals surface area contributed by atoms with E-state index < -0.39 is 0 Å². The number of alkyl halides is 1.